The number of hydrogen-bond acceptors (Lipinski definition) is 1. The van der Waals surface area contributed by atoms with E-state index >= 15 is 0 Å². The van der Waals surface area contributed by atoms with Crippen molar-refractivity contribution >= 4 is 10.9 Å². The third kappa shape index (κ3) is 1.56. The van der Waals surface area contributed by atoms with Gasteiger partial charge < -0.3 is 9.55 Å². The number of aryl methyl sites for hydroxylation is 1. The van der Waals surface area contributed by atoms with E-state index in [-0.39, 0.29) is 5.56 Å². The number of hydrogen-bond donors (Lipinski definition) is 1. The van der Waals surface area contributed by atoms with Crippen LogP contribution in [-0.4, -0.2) is 9.55 Å². The molecule has 3 nitrogen and oxygen atoms in total. The standard InChI is InChI=1S/C14H12N2O/c1-16-12-5-3-2-4-10(12)8-13(16)11-6-7-14(17)15-9-11/h2-9H,1H3,(H,15,17). The SMILES string of the molecule is Cn1c(-c2ccc(=O)[nH]c2)cc2ccccc21. The lowest BCUT2D eigenvalue weighted by Crippen LogP contribution is -2.02. The molecule has 0 bridgehead atoms. The third-order valence-corrected chi connectivity index (χ3v) is 3.03. The summed E-state index contributed by atoms with van der Waals surface area (Å²) in [7, 11) is 2.03. The zero-order valence-corrected chi connectivity index (χ0v) is 9.47. The number of nitrogens with zero attached hydrogens (tertiary/aromatic N) is 1. The van der Waals surface area contributed by atoms with E-state index in [9.17, 15) is 4.79 Å². The van der Waals surface area contributed by atoms with E-state index in [2.05, 4.69) is 27.8 Å². The van der Waals surface area contributed by atoms with Gasteiger partial charge in [-0.25, -0.2) is 0 Å². The van der Waals surface area contributed by atoms with Crippen LogP contribution in [0.4, 0.5) is 0 Å². The first-order valence-corrected chi connectivity index (χ1v) is 5.49. The molecule has 0 saturated heterocycles. The van der Waals surface area contributed by atoms with E-state index in [4.69, 9.17) is 0 Å². The highest BCUT2D eigenvalue weighted by atomic mass is 16.1. The Kier molecular flexibility index (Phi) is 2.11. The summed E-state index contributed by atoms with van der Waals surface area (Å²) >= 11 is 0. The molecule has 2 heterocycles. The number of rotatable bonds is 1. The van der Waals surface area contributed by atoms with Crippen LogP contribution < -0.4 is 5.56 Å². The molecule has 0 atom stereocenters. The van der Waals surface area contributed by atoms with Crippen molar-refractivity contribution in [2.75, 3.05) is 0 Å². The van der Waals surface area contributed by atoms with E-state index < -0.39 is 0 Å². The highest BCUT2D eigenvalue weighted by molar-refractivity contribution is 5.86. The van der Waals surface area contributed by atoms with Gasteiger partial charge in [0, 0.05) is 35.8 Å². The van der Waals surface area contributed by atoms with Gasteiger partial charge in [0.1, 0.15) is 0 Å². The minimum Gasteiger partial charge on any atom is -0.344 e. The van der Waals surface area contributed by atoms with Crippen LogP contribution >= 0.6 is 0 Å². The molecule has 3 heteroatoms. The smallest absolute Gasteiger partial charge is 0.247 e. The van der Waals surface area contributed by atoms with Crippen LogP contribution in [0.3, 0.4) is 0 Å². The highest BCUT2D eigenvalue weighted by Gasteiger charge is 2.06. The fourth-order valence-electron chi connectivity index (χ4n) is 2.14. The lowest BCUT2D eigenvalue weighted by Gasteiger charge is -2.03. The van der Waals surface area contributed by atoms with E-state index in [1.165, 1.54) is 10.9 Å². The van der Waals surface area contributed by atoms with Gasteiger partial charge in [-0.05, 0) is 18.2 Å². The van der Waals surface area contributed by atoms with Crippen molar-refractivity contribution < 1.29 is 0 Å². The Labute approximate surface area is 98.3 Å². The molecule has 17 heavy (non-hydrogen) atoms. The van der Waals surface area contributed by atoms with Crippen LogP contribution in [0, 0.1) is 0 Å². The van der Waals surface area contributed by atoms with Gasteiger partial charge in [-0.1, -0.05) is 18.2 Å². The Hall–Kier alpha value is -2.29. The second-order valence-electron chi connectivity index (χ2n) is 4.09. The van der Waals surface area contributed by atoms with Gasteiger partial charge >= 0.3 is 0 Å². The van der Waals surface area contributed by atoms with Crippen molar-refractivity contribution in [3.05, 3.63) is 59.0 Å². The van der Waals surface area contributed by atoms with Crippen LogP contribution in [0.2, 0.25) is 0 Å². The minimum absolute atomic E-state index is 0.0764. The molecule has 0 saturated carbocycles. The maximum Gasteiger partial charge on any atom is 0.247 e. The number of aromatic amines is 1. The maximum absolute atomic E-state index is 11.0. The van der Waals surface area contributed by atoms with Crippen molar-refractivity contribution in [3.8, 4) is 11.3 Å². The fraction of sp³-hybridized carbons (Fsp3) is 0.0714. The molecule has 3 rings (SSSR count). The Morgan fingerprint density at radius 1 is 1.12 bits per heavy atom. The highest BCUT2D eigenvalue weighted by Crippen LogP contribution is 2.25. The van der Waals surface area contributed by atoms with Crippen LogP contribution in [-0.2, 0) is 7.05 Å². The molecule has 2 aromatic heterocycles. The predicted octanol–water partition coefficient (Wildman–Crippen LogP) is 2.53. The van der Waals surface area contributed by atoms with Gasteiger partial charge in [-0.2, -0.15) is 0 Å². The number of benzene rings is 1. The normalized spacial score (nSPS) is 10.9. The summed E-state index contributed by atoms with van der Waals surface area (Å²) in [6.07, 6.45) is 1.75. The second-order valence-corrected chi connectivity index (χ2v) is 4.09. The molecule has 0 fully saturated rings. The third-order valence-electron chi connectivity index (χ3n) is 3.03. The van der Waals surface area contributed by atoms with E-state index in [0.717, 1.165) is 11.3 Å². The quantitative estimate of drug-likeness (QED) is 0.677. The van der Waals surface area contributed by atoms with Gasteiger partial charge in [0.2, 0.25) is 5.56 Å². The number of H-pyrrole nitrogens is 1. The molecule has 84 valence electrons. The number of aromatic nitrogens is 2. The van der Waals surface area contributed by atoms with Crippen LogP contribution in [0.1, 0.15) is 0 Å². The van der Waals surface area contributed by atoms with Crippen molar-refractivity contribution in [2.24, 2.45) is 7.05 Å². The molecule has 0 spiro atoms. The average Bonchev–Trinajstić information content (AvgIpc) is 2.69. The second kappa shape index (κ2) is 3.63. The number of nitrogens with one attached hydrogen (secondary N) is 1. The van der Waals surface area contributed by atoms with E-state index in [1.54, 1.807) is 12.3 Å². The van der Waals surface area contributed by atoms with Crippen molar-refractivity contribution in [2.45, 2.75) is 0 Å². The van der Waals surface area contributed by atoms with Crippen molar-refractivity contribution in [1.29, 1.82) is 0 Å². The molecule has 1 aromatic carbocycles. The Morgan fingerprint density at radius 2 is 1.94 bits per heavy atom. The maximum atomic E-state index is 11.0. The van der Waals surface area contributed by atoms with E-state index in [0.29, 0.717) is 0 Å². The molecular formula is C14H12N2O. The zero-order chi connectivity index (χ0) is 11.8. The molecule has 0 aliphatic carbocycles. The summed E-state index contributed by atoms with van der Waals surface area (Å²) in [5, 5.41) is 1.20. The lowest BCUT2D eigenvalue weighted by atomic mass is 10.2. The topological polar surface area (TPSA) is 37.8 Å². The monoisotopic (exact) mass is 224 g/mol. The van der Waals surface area contributed by atoms with Crippen molar-refractivity contribution in [1.82, 2.24) is 9.55 Å². The van der Waals surface area contributed by atoms with Crippen LogP contribution in [0.25, 0.3) is 22.2 Å². The van der Waals surface area contributed by atoms with Gasteiger partial charge in [0.05, 0.1) is 5.69 Å². The molecule has 0 aliphatic rings. The number of pyridine rings is 1. The first kappa shape index (κ1) is 9.90. The van der Waals surface area contributed by atoms with Crippen molar-refractivity contribution in [3.63, 3.8) is 0 Å². The molecule has 0 aliphatic heterocycles. The summed E-state index contributed by atoms with van der Waals surface area (Å²) in [6, 6.07) is 13.7. The Bertz CT molecular complexity index is 717. The van der Waals surface area contributed by atoms with Gasteiger partial charge in [-0.15, -0.1) is 0 Å². The first-order chi connectivity index (χ1) is 8.25. The number of para-hydroxylation sites is 1. The minimum atomic E-state index is -0.0764. The largest absolute Gasteiger partial charge is 0.344 e. The Balaban J connectivity index is 2.27. The number of fused-ring (bicyclic) bond motifs is 1. The summed E-state index contributed by atoms with van der Waals surface area (Å²) in [4.78, 5) is 13.7. The average molecular weight is 224 g/mol. The molecule has 3 aromatic rings. The van der Waals surface area contributed by atoms with Gasteiger partial charge in [0.15, 0.2) is 0 Å². The molecular weight excluding hydrogens is 212 g/mol. The van der Waals surface area contributed by atoms with E-state index in [1.807, 2.05) is 25.2 Å². The fourth-order valence-corrected chi connectivity index (χ4v) is 2.14. The van der Waals surface area contributed by atoms with Gasteiger partial charge in [-0.3, -0.25) is 4.79 Å². The summed E-state index contributed by atoms with van der Waals surface area (Å²) in [6.45, 7) is 0. The predicted molar refractivity (Wildman–Crippen MR) is 69.0 cm³/mol. The summed E-state index contributed by atoms with van der Waals surface area (Å²) in [5.74, 6) is 0. The first-order valence-electron chi connectivity index (χ1n) is 5.49. The van der Waals surface area contributed by atoms with Crippen LogP contribution in [0.5, 0.6) is 0 Å². The molecule has 0 radical (unpaired) electrons. The zero-order valence-electron chi connectivity index (χ0n) is 9.47. The summed E-state index contributed by atoms with van der Waals surface area (Å²) < 4.78 is 2.13. The lowest BCUT2D eigenvalue weighted by molar-refractivity contribution is 0.976. The summed E-state index contributed by atoms with van der Waals surface area (Å²) in [5.41, 5.74) is 3.23. The Morgan fingerprint density at radius 3 is 2.65 bits per heavy atom. The van der Waals surface area contributed by atoms with Gasteiger partial charge in [0.25, 0.3) is 0 Å². The molecule has 0 unspecified atom stereocenters. The molecule has 1 N–H and O–H groups in total. The molecule has 0 amide bonds. The van der Waals surface area contributed by atoms with Crippen LogP contribution in [0.15, 0.2) is 53.5 Å².